The van der Waals surface area contributed by atoms with E-state index in [0.29, 0.717) is 6.54 Å². The molecule has 0 aromatic carbocycles. The van der Waals surface area contributed by atoms with E-state index in [-0.39, 0.29) is 17.1 Å². The van der Waals surface area contributed by atoms with Crippen LogP contribution in [-0.2, 0) is 11.2 Å². The van der Waals surface area contributed by atoms with Gasteiger partial charge in [0.1, 0.15) is 0 Å². The SMILES string of the molecule is Cc1nc(CCNC(=O)C(S)C(C)C)cs1. The molecule has 0 radical (unpaired) electrons. The lowest BCUT2D eigenvalue weighted by atomic mass is 10.1. The van der Waals surface area contributed by atoms with Crippen LogP contribution in [0.3, 0.4) is 0 Å². The van der Waals surface area contributed by atoms with E-state index in [4.69, 9.17) is 0 Å². The molecule has 5 heteroatoms. The fourth-order valence-electron chi connectivity index (χ4n) is 1.24. The predicted molar refractivity (Wildman–Crippen MR) is 71.2 cm³/mol. The Bertz CT molecular complexity index is 350. The van der Waals surface area contributed by atoms with Crippen molar-refractivity contribution < 1.29 is 4.79 Å². The maximum atomic E-state index is 11.6. The molecule has 1 aromatic rings. The number of carbonyl (C=O) groups is 1. The Balaban J connectivity index is 2.28. The van der Waals surface area contributed by atoms with Gasteiger partial charge in [0.05, 0.1) is 16.0 Å². The zero-order valence-corrected chi connectivity index (χ0v) is 11.6. The van der Waals surface area contributed by atoms with Gasteiger partial charge in [-0.3, -0.25) is 4.79 Å². The highest BCUT2D eigenvalue weighted by Gasteiger charge is 2.16. The van der Waals surface area contributed by atoms with E-state index in [1.54, 1.807) is 11.3 Å². The Morgan fingerprint density at radius 1 is 1.62 bits per heavy atom. The monoisotopic (exact) mass is 258 g/mol. The number of nitrogens with one attached hydrogen (secondary N) is 1. The summed E-state index contributed by atoms with van der Waals surface area (Å²) in [6.07, 6.45) is 0.786. The first-order valence-corrected chi connectivity index (χ1v) is 6.77. The summed E-state index contributed by atoms with van der Waals surface area (Å²) < 4.78 is 0. The van der Waals surface area contributed by atoms with Crippen molar-refractivity contribution in [1.82, 2.24) is 10.3 Å². The van der Waals surface area contributed by atoms with Crippen LogP contribution >= 0.6 is 24.0 Å². The van der Waals surface area contributed by atoms with E-state index in [1.165, 1.54) is 0 Å². The van der Waals surface area contributed by atoms with Crippen molar-refractivity contribution in [2.45, 2.75) is 32.4 Å². The fraction of sp³-hybridized carbons (Fsp3) is 0.636. The Hall–Kier alpha value is -0.550. The van der Waals surface area contributed by atoms with Crippen LogP contribution in [0.2, 0.25) is 0 Å². The molecule has 0 saturated heterocycles. The number of aromatic nitrogens is 1. The van der Waals surface area contributed by atoms with Crippen LogP contribution in [0.4, 0.5) is 0 Å². The molecule has 3 nitrogen and oxygen atoms in total. The second-order valence-electron chi connectivity index (χ2n) is 4.09. The molecule has 0 aliphatic rings. The van der Waals surface area contributed by atoms with Crippen LogP contribution in [0.1, 0.15) is 24.5 Å². The molecule has 90 valence electrons. The molecular formula is C11H18N2OS2. The Kier molecular flexibility index (Phi) is 5.28. The van der Waals surface area contributed by atoms with Gasteiger partial charge in [-0.1, -0.05) is 13.8 Å². The van der Waals surface area contributed by atoms with Gasteiger partial charge in [-0.2, -0.15) is 12.6 Å². The second kappa shape index (κ2) is 6.25. The number of hydrogen-bond donors (Lipinski definition) is 2. The maximum absolute atomic E-state index is 11.6. The average Bonchev–Trinajstić information content (AvgIpc) is 2.62. The molecule has 16 heavy (non-hydrogen) atoms. The minimum absolute atomic E-state index is 0.00489. The standard InChI is InChI=1S/C11H18N2OS2/c1-7(2)10(15)11(14)12-5-4-9-6-16-8(3)13-9/h6-7,10,15H,4-5H2,1-3H3,(H,12,14). The highest BCUT2D eigenvalue weighted by atomic mass is 32.1. The van der Waals surface area contributed by atoms with E-state index >= 15 is 0 Å². The summed E-state index contributed by atoms with van der Waals surface area (Å²) in [5.74, 6) is 0.259. The van der Waals surface area contributed by atoms with Crippen LogP contribution < -0.4 is 5.32 Å². The van der Waals surface area contributed by atoms with Crippen LogP contribution in [0.15, 0.2) is 5.38 Å². The molecule has 0 fully saturated rings. The third-order valence-electron chi connectivity index (χ3n) is 2.25. The van der Waals surface area contributed by atoms with Crippen molar-refractivity contribution in [3.8, 4) is 0 Å². The van der Waals surface area contributed by atoms with Gasteiger partial charge in [-0.25, -0.2) is 4.98 Å². The van der Waals surface area contributed by atoms with Crippen LogP contribution in [-0.4, -0.2) is 22.7 Å². The van der Waals surface area contributed by atoms with Crippen molar-refractivity contribution in [3.63, 3.8) is 0 Å². The van der Waals surface area contributed by atoms with Crippen molar-refractivity contribution >= 4 is 29.9 Å². The summed E-state index contributed by atoms with van der Waals surface area (Å²) in [5.41, 5.74) is 1.04. The molecule has 0 bridgehead atoms. The molecule has 0 aliphatic heterocycles. The minimum Gasteiger partial charge on any atom is -0.355 e. The molecule has 1 atom stereocenters. The zero-order valence-electron chi connectivity index (χ0n) is 9.86. The summed E-state index contributed by atoms with van der Waals surface area (Å²) in [6.45, 7) is 6.59. The quantitative estimate of drug-likeness (QED) is 0.794. The topological polar surface area (TPSA) is 42.0 Å². The third-order valence-corrected chi connectivity index (χ3v) is 3.90. The van der Waals surface area contributed by atoms with Gasteiger partial charge >= 0.3 is 0 Å². The van der Waals surface area contributed by atoms with Gasteiger partial charge in [-0.05, 0) is 12.8 Å². The van der Waals surface area contributed by atoms with Crippen molar-refractivity contribution in [1.29, 1.82) is 0 Å². The molecule has 0 saturated carbocycles. The second-order valence-corrected chi connectivity index (χ2v) is 5.71. The lowest BCUT2D eigenvalue weighted by Crippen LogP contribution is -2.35. The Labute approximate surface area is 106 Å². The van der Waals surface area contributed by atoms with E-state index < -0.39 is 0 Å². The van der Waals surface area contributed by atoms with Crippen molar-refractivity contribution in [2.24, 2.45) is 5.92 Å². The van der Waals surface area contributed by atoms with Gasteiger partial charge in [0.2, 0.25) is 5.91 Å². The van der Waals surface area contributed by atoms with Gasteiger partial charge in [-0.15, -0.1) is 11.3 Å². The van der Waals surface area contributed by atoms with Crippen LogP contribution in [0.5, 0.6) is 0 Å². The van der Waals surface area contributed by atoms with E-state index in [2.05, 4.69) is 22.9 Å². The Morgan fingerprint density at radius 3 is 2.81 bits per heavy atom. The molecule has 1 aromatic heterocycles. The molecule has 1 unspecified atom stereocenters. The molecule has 0 spiro atoms. The summed E-state index contributed by atoms with van der Waals surface area (Å²) in [5, 5.41) is 5.74. The van der Waals surface area contributed by atoms with Crippen molar-refractivity contribution in [3.05, 3.63) is 16.1 Å². The van der Waals surface area contributed by atoms with Crippen molar-refractivity contribution in [2.75, 3.05) is 6.54 Å². The number of hydrogen-bond acceptors (Lipinski definition) is 4. The lowest BCUT2D eigenvalue weighted by molar-refractivity contribution is -0.121. The number of thiol groups is 1. The summed E-state index contributed by atoms with van der Waals surface area (Å²) in [7, 11) is 0. The Morgan fingerprint density at radius 2 is 2.31 bits per heavy atom. The van der Waals surface area contributed by atoms with Gasteiger partial charge in [0.25, 0.3) is 0 Å². The predicted octanol–water partition coefficient (Wildman–Crippen LogP) is 2.06. The summed E-state index contributed by atoms with van der Waals surface area (Å²) in [6, 6.07) is 0. The first-order chi connectivity index (χ1) is 7.50. The minimum atomic E-state index is -0.225. The van der Waals surface area contributed by atoms with E-state index in [9.17, 15) is 4.79 Å². The molecule has 1 heterocycles. The number of aryl methyl sites for hydroxylation is 1. The number of carbonyl (C=O) groups excluding carboxylic acids is 1. The molecule has 0 aliphatic carbocycles. The van der Waals surface area contributed by atoms with Crippen LogP contribution in [0.25, 0.3) is 0 Å². The number of amides is 1. The smallest absolute Gasteiger partial charge is 0.233 e. The highest BCUT2D eigenvalue weighted by Crippen LogP contribution is 2.09. The first kappa shape index (κ1) is 13.5. The molecule has 1 rings (SSSR count). The average molecular weight is 258 g/mol. The number of thiazole rings is 1. The summed E-state index contributed by atoms with van der Waals surface area (Å²) in [4.78, 5) is 15.9. The number of nitrogens with zero attached hydrogens (tertiary/aromatic N) is 1. The normalized spacial score (nSPS) is 12.8. The maximum Gasteiger partial charge on any atom is 0.233 e. The molecule has 1 amide bonds. The lowest BCUT2D eigenvalue weighted by Gasteiger charge is -2.14. The first-order valence-electron chi connectivity index (χ1n) is 5.37. The molecule has 1 N–H and O–H groups in total. The largest absolute Gasteiger partial charge is 0.355 e. The number of rotatable bonds is 5. The fourth-order valence-corrected chi connectivity index (χ4v) is 1.98. The third kappa shape index (κ3) is 4.14. The highest BCUT2D eigenvalue weighted by molar-refractivity contribution is 7.81. The summed E-state index contributed by atoms with van der Waals surface area (Å²) >= 11 is 5.89. The van der Waals surface area contributed by atoms with E-state index in [0.717, 1.165) is 17.1 Å². The van der Waals surface area contributed by atoms with Gasteiger partial charge in [0, 0.05) is 18.3 Å². The molecular weight excluding hydrogens is 240 g/mol. The van der Waals surface area contributed by atoms with Crippen LogP contribution in [0, 0.1) is 12.8 Å². The van der Waals surface area contributed by atoms with Gasteiger partial charge in [0.15, 0.2) is 0 Å². The van der Waals surface area contributed by atoms with E-state index in [1.807, 2.05) is 26.2 Å². The zero-order chi connectivity index (χ0) is 12.1. The van der Waals surface area contributed by atoms with Gasteiger partial charge < -0.3 is 5.32 Å².